The van der Waals surface area contributed by atoms with Gasteiger partial charge in [0.05, 0.1) is 12.4 Å². The zero-order chi connectivity index (χ0) is 13.0. The smallest absolute Gasteiger partial charge is 0.103 e. The van der Waals surface area contributed by atoms with Gasteiger partial charge in [0.1, 0.15) is 5.76 Å². The van der Waals surface area contributed by atoms with Crippen LogP contribution in [-0.4, -0.2) is 5.11 Å². The zero-order valence-electron chi connectivity index (χ0n) is 11.0. The molecule has 0 aliphatic heterocycles. The van der Waals surface area contributed by atoms with Crippen LogP contribution in [-0.2, 0) is 6.42 Å². The lowest BCUT2D eigenvalue weighted by atomic mass is 9.98. The van der Waals surface area contributed by atoms with Crippen LogP contribution in [0.1, 0.15) is 49.2 Å². The highest BCUT2D eigenvalue weighted by atomic mass is 16.3. The summed E-state index contributed by atoms with van der Waals surface area (Å²) in [5.41, 5.74) is 2.28. The summed E-state index contributed by atoms with van der Waals surface area (Å²) in [4.78, 5) is 0. The standard InChI is InChI=1S/C16H20O2/c1-12(2)13-5-7-14(8-6-13)16(17)10-9-15-4-3-11-18-15/h3-8,11-12,16-17H,9-10H2,1-2H3. The molecule has 2 heteroatoms. The number of benzene rings is 1. The summed E-state index contributed by atoms with van der Waals surface area (Å²) in [5.74, 6) is 1.45. The Hall–Kier alpha value is -1.54. The Balaban J connectivity index is 1.94. The molecule has 1 unspecified atom stereocenters. The molecule has 0 amide bonds. The SMILES string of the molecule is CC(C)c1ccc(C(O)CCc2ccco2)cc1. The first-order chi connectivity index (χ1) is 8.66. The summed E-state index contributed by atoms with van der Waals surface area (Å²) in [7, 11) is 0. The fourth-order valence-corrected chi connectivity index (χ4v) is 2.00. The summed E-state index contributed by atoms with van der Waals surface area (Å²) in [6.45, 7) is 4.34. The largest absolute Gasteiger partial charge is 0.469 e. The molecular formula is C16H20O2. The van der Waals surface area contributed by atoms with Gasteiger partial charge in [-0.1, -0.05) is 38.1 Å². The minimum atomic E-state index is -0.420. The van der Waals surface area contributed by atoms with E-state index in [2.05, 4.69) is 26.0 Å². The number of hydrogen-bond acceptors (Lipinski definition) is 2. The van der Waals surface area contributed by atoms with Crippen LogP contribution < -0.4 is 0 Å². The van der Waals surface area contributed by atoms with Crippen molar-refractivity contribution in [2.75, 3.05) is 0 Å². The monoisotopic (exact) mass is 244 g/mol. The van der Waals surface area contributed by atoms with Gasteiger partial charge in [-0.15, -0.1) is 0 Å². The Labute approximate surface area is 108 Å². The third-order valence-electron chi connectivity index (χ3n) is 3.23. The zero-order valence-corrected chi connectivity index (χ0v) is 11.0. The van der Waals surface area contributed by atoms with Gasteiger partial charge in [-0.2, -0.15) is 0 Å². The third-order valence-corrected chi connectivity index (χ3v) is 3.23. The van der Waals surface area contributed by atoms with E-state index in [0.29, 0.717) is 12.3 Å². The van der Waals surface area contributed by atoms with Crippen molar-refractivity contribution in [1.82, 2.24) is 0 Å². The van der Waals surface area contributed by atoms with E-state index in [0.717, 1.165) is 17.7 Å². The Morgan fingerprint density at radius 1 is 1.06 bits per heavy atom. The fraction of sp³-hybridized carbons (Fsp3) is 0.375. The molecule has 0 aliphatic carbocycles. The fourth-order valence-electron chi connectivity index (χ4n) is 2.00. The molecule has 0 aliphatic rings. The molecule has 0 saturated carbocycles. The van der Waals surface area contributed by atoms with Gasteiger partial charge in [-0.3, -0.25) is 0 Å². The lowest BCUT2D eigenvalue weighted by Gasteiger charge is -2.12. The molecule has 1 N–H and O–H groups in total. The maximum Gasteiger partial charge on any atom is 0.103 e. The molecular weight excluding hydrogens is 224 g/mol. The topological polar surface area (TPSA) is 33.4 Å². The van der Waals surface area contributed by atoms with Crippen LogP contribution in [0.5, 0.6) is 0 Å². The van der Waals surface area contributed by atoms with Crippen LogP contribution in [0.25, 0.3) is 0 Å². The highest BCUT2D eigenvalue weighted by Gasteiger charge is 2.09. The number of furan rings is 1. The summed E-state index contributed by atoms with van der Waals surface area (Å²) in [6.07, 6.45) is 2.70. The van der Waals surface area contributed by atoms with E-state index in [-0.39, 0.29) is 0 Å². The van der Waals surface area contributed by atoms with Crippen molar-refractivity contribution in [3.8, 4) is 0 Å². The molecule has 0 saturated heterocycles. The molecule has 1 atom stereocenters. The predicted octanol–water partition coefficient (Wildman–Crippen LogP) is 4.07. The van der Waals surface area contributed by atoms with Gasteiger partial charge >= 0.3 is 0 Å². The van der Waals surface area contributed by atoms with Gasteiger partial charge in [-0.05, 0) is 35.6 Å². The lowest BCUT2D eigenvalue weighted by Crippen LogP contribution is -1.99. The number of aryl methyl sites for hydroxylation is 1. The van der Waals surface area contributed by atoms with Crippen LogP contribution in [0.15, 0.2) is 47.1 Å². The molecule has 18 heavy (non-hydrogen) atoms. The second kappa shape index (κ2) is 5.87. The van der Waals surface area contributed by atoms with E-state index in [9.17, 15) is 5.11 Å². The van der Waals surface area contributed by atoms with E-state index < -0.39 is 6.10 Å². The third kappa shape index (κ3) is 3.23. The minimum Gasteiger partial charge on any atom is -0.469 e. The number of rotatable bonds is 5. The van der Waals surface area contributed by atoms with Gasteiger partial charge < -0.3 is 9.52 Å². The first kappa shape index (κ1) is 12.9. The van der Waals surface area contributed by atoms with E-state index in [1.165, 1.54) is 5.56 Å². The van der Waals surface area contributed by atoms with Gasteiger partial charge in [0, 0.05) is 6.42 Å². The maximum atomic E-state index is 10.1. The van der Waals surface area contributed by atoms with Crippen LogP contribution in [0.2, 0.25) is 0 Å². The molecule has 0 fully saturated rings. The Bertz CT molecular complexity index is 454. The molecule has 2 rings (SSSR count). The lowest BCUT2D eigenvalue weighted by molar-refractivity contribution is 0.165. The average Bonchev–Trinajstić information content (AvgIpc) is 2.89. The molecule has 1 aromatic heterocycles. The van der Waals surface area contributed by atoms with E-state index in [1.54, 1.807) is 6.26 Å². The van der Waals surface area contributed by atoms with Crippen molar-refractivity contribution in [3.63, 3.8) is 0 Å². The van der Waals surface area contributed by atoms with Crippen molar-refractivity contribution in [2.24, 2.45) is 0 Å². The molecule has 1 heterocycles. The van der Waals surface area contributed by atoms with Crippen molar-refractivity contribution >= 4 is 0 Å². The van der Waals surface area contributed by atoms with E-state index >= 15 is 0 Å². The summed E-state index contributed by atoms with van der Waals surface area (Å²) >= 11 is 0. The first-order valence-electron chi connectivity index (χ1n) is 6.47. The summed E-state index contributed by atoms with van der Waals surface area (Å²) in [6, 6.07) is 12.0. The second-order valence-electron chi connectivity index (χ2n) is 4.96. The van der Waals surface area contributed by atoms with Crippen molar-refractivity contribution in [2.45, 2.75) is 38.7 Å². The summed E-state index contributed by atoms with van der Waals surface area (Å²) in [5, 5.41) is 10.1. The molecule has 2 aromatic rings. The molecule has 0 bridgehead atoms. The van der Waals surface area contributed by atoms with Crippen LogP contribution in [0, 0.1) is 0 Å². The minimum absolute atomic E-state index is 0.420. The molecule has 0 spiro atoms. The summed E-state index contributed by atoms with van der Waals surface area (Å²) < 4.78 is 5.26. The number of aliphatic hydroxyl groups excluding tert-OH is 1. The van der Waals surface area contributed by atoms with Crippen LogP contribution in [0.3, 0.4) is 0 Å². The van der Waals surface area contributed by atoms with Gasteiger partial charge in [-0.25, -0.2) is 0 Å². The van der Waals surface area contributed by atoms with E-state index in [4.69, 9.17) is 4.42 Å². The second-order valence-corrected chi connectivity index (χ2v) is 4.96. The van der Waals surface area contributed by atoms with Crippen molar-refractivity contribution < 1.29 is 9.52 Å². The molecule has 96 valence electrons. The van der Waals surface area contributed by atoms with Gasteiger partial charge in [0.15, 0.2) is 0 Å². The van der Waals surface area contributed by atoms with Crippen molar-refractivity contribution in [3.05, 3.63) is 59.5 Å². The quantitative estimate of drug-likeness (QED) is 0.860. The van der Waals surface area contributed by atoms with Crippen molar-refractivity contribution in [1.29, 1.82) is 0 Å². The predicted molar refractivity (Wildman–Crippen MR) is 72.5 cm³/mol. The molecule has 2 nitrogen and oxygen atoms in total. The van der Waals surface area contributed by atoms with Crippen LogP contribution in [0.4, 0.5) is 0 Å². The molecule has 1 aromatic carbocycles. The highest BCUT2D eigenvalue weighted by molar-refractivity contribution is 5.26. The Morgan fingerprint density at radius 2 is 1.72 bits per heavy atom. The maximum absolute atomic E-state index is 10.1. The highest BCUT2D eigenvalue weighted by Crippen LogP contribution is 2.22. The van der Waals surface area contributed by atoms with Gasteiger partial charge in [0.25, 0.3) is 0 Å². The van der Waals surface area contributed by atoms with Crippen LogP contribution >= 0.6 is 0 Å². The Kier molecular flexibility index (Phi) is 4.21. The molecule has 0 radical (unpaired) electrons. The first-order valence-corrected chi connectivity index (χ1v) is 6.47. The normalized spacial score (nSPS) is 12.9. The van der Waals surface area contributed by atoms with E-state index in [1.807, 2.05) is 24.3 Å². The number of aliphatic hydroxyl groups is 1. The van der Waals surface area contributed by atoms with Gasteiger partial charge in [0.2, 0.25) is 0 Å². The average molecular weight is 244 g/mol. The Morgan fingerprint density at radius 3 is 2.28 bits per heavy atom. The number of hydrogen-bond donors (Lipinski definition) is 1.